The van der Waals surface area contributed by atoms with E-state index in [0.717, 1.165) is 70.3 Å². The third-order valence-electron chi connectivity index (χ3n) is 5.80. The average molecular weight is 438 g/mol. The molecule has 0 aliphatic carbocycles. The third-order valence-corrected chi connectivity index (χ3v) is 5.80. The maximum Gasteiger partial charge on any atom is 0.191 e. The summed E-state index contributed by atoms with van der Waals surface area (Å²) < 4.78 is 5.82. The maximum atomic E-state index is 5.82. The van der Waals surface area contributed by atoms with Crippen LogP contribution in [0.4, 0.5) is 0 Å². The van der Waals surface area contributed by atoms with Crippen LogP contribution in [0.2, 0.25) is 0 Å². The lowest BCUT2D eigenvalue weighted by atomic mass is 10.0. The summed E-state index contributed by atoms with van der Waals surface area (Å²) in [6.07, 6.45) is 3.30. The second kappa shape index (κ2) is 13.1. The number of likely N-dealkylation sites (tertiary alicyclic amines) is 1. The Balaban J connectivity index is 1.35. The summed E-state index contributed by atoms with van der Waals surface area (Å²) in [5.41, 5.74) is 2.60. The average Bonchev–Trinajstić information content (AvgIpc) is 2.82. The van der Waals surface area contributed by atoms with Gasteiger partial charge >= 0.3 is 0 Å². The highest BCUT2D eigenvalue weighted by atomic mass is 16.5. The van der Waals surface area contributed by atoms with Gasteiger partial charge in [0.25, 0.3) is 0 Å². The molecule has 0 radical (unpaired) electrons. The molecule has 32 heavy (non-hydrogen) atoms. The molecule has 2 N–H and O–H groups in total. The van der Waals surface area contributed by atoms with Gasteiger partial charge in [0.15, 0.2) is 5.96 Å². The molecule has 6 heteroatoms. The van der Waals surface area contributed by atoms with Crippen molar-refractivity contribution >= 4 is 5.96 Å². The molecule has 0 spiro atoms. The van der Waals surface area contributed by atoms with Gasteiger partial charge in [0.05, 0.1) is 6.61 Å². The number of benzene rings is 2. The first-order chi connectivity index (χ1) is 15.6. The van der Waals surface area contributed by atoms with Gasteiger partial charge in [-0.3, -0.25) is 9.89 Å². The number of rotatable bonds is 10. The van der Waals surface area contributed by atoms with E-state index in [0.29, 0.717) is 6.04 Å². The summed E-state index contributed by atoms with van der Waals surface area (Å²) in [5, 5.41) is 7.05. The van der Waals surface area contributed by atoms with Crippen LogP contribution in [0.3, 0.4) is 0 Å². The number of hydrogen-bond acceptors (Lipinski definition) is 4. The van der Waals surface area contributed by atoms with E-state index in [2.05, 4.69) is 82.0 Å². The van der Waals surface area contributed by atoms with Crippen LogP contribution in [-0.2, 0) is 13.1 Å². The highest BCUT2D eigenvalue weighted by Gasteiger charge is 2.20. The topological polar surface area (TPSA) is 52.1 Å². The van der Waals surface area contributed by atoms with Crippen molar-refractivity contribution in [2.24, 2.45) is 4.99 Å². The Morgan fingerprint density at radius 3 is 2.41 bits per heavy atom. The van der Waals surface area contributed by atoms with Crippen LogP contribution < -0.4 is 15.4 Å². The molecule has 1 fully saturated rings. The lowest BCUT2D eigenvalue weighted by Gasteiger charge is -2.33. The van der Waals surface area contributed by atoms with Crippen molar-refractivity contribution in [2.45, 2.75) is 38.4 Å². The van der Waals surface area contributed by atoms with Crippen molar-refractivity contribution in [2.75, 3.05) is 47.4 Å². The lowest BCUT2D eigenvalue weighted by Crippen LogP contribution is -2.48. The van der Waals surface area contributed by atoms with Gasteiger partial charge in [-0.25, -0.2) is 0 Å². The zero-order valence-corrected chi connectivity index (χ0v) is 19.9. The van der Waals surface area contributed by atoms with Gasteiger partial charge < -0.3 is 20.3 Å². The van der Waals surface area contributed by atoms with Gasteiger partial charge in [0.1, 0.15) is 5.75 Å². The van der Waals surface area contributed by atoms with Gasteiger partial charge in [-0.05, 0) is 56.6 Å². The Morgan fingerprint density at radius 1 is 1.03 bits per heavy atom. The Bertz CT molecular complexity index is 799. The molecule has 2 aromatic rings. The summed E-state index contributed by atoms with van der Waals surface area (Å²) in [6, 6.07) is 19.5. The lowest BCUT2D eigenvalue weighted by molar-refractivity contribution is 0.198. The fourth-order valence-corrected chi connectivity index (χ4v) is 3.93. The summed E-state index contributed by atoms with van der Waals surface area (Å²) in [7, 11) is 6.00. The molecule has 1 heterocycles. The van der Waals surface area contributed by atoms with E-state index in [1.54, 1.807) is 0 Å². The van der Waals surface area contributed by atoms with Crippen molar-refractivity contribution in [1.29, 1.82) is 0 Å². The minimum absolute atomic E-state index is 0.464. The third kappa shape index (κ3) is 8.52. The number of aliphatic imine (C=N–C) groups is 1. The molecule has 0 aromatic heterocycles. The Morgan fingerprint density at radius 2 is 1.75 bits per heavy atom. The number of piperidine rings is 1. The molecule has 1 saturated heterocycles. The highest BCUT2D eigenvalue weighted by Crippen LogP contribution is 2.14. The van der Waals surface area contributed by atoms with E-state index in [9.17, 15) is 0 Å². The first kappa shape index (κ1) is 24.1. The molecule has 0 saturated carbocycles. The molecule has 0 amide bonds. The monoisotopic (exact) mass is 437 g/mol. The first-order valence-electron chi connectivity index (χ1n) is 11.7. The van der Waals surface area contributed by atoms with Gasteiger partial charge in [-0.1, -0.05) is 42.5 Å². The van der Waals surface area contributed by atoms with E-state index < -0.39 is 0 Å². The minimum Gasteiger partial charge on any atom is -0.494 e. The molecular formula is C26H39N5O. The standard InChI is InChI=1S/C26H39N5O/c1-27-26(28-20-22-10-12-25(13-11-22)32-19-7-16-30(2)3)29-24-14-17-31(18-15-24)21-23-8-5-4-6-9-23/h4-6,8-13,24H,7,14-21H2,1-3H3,(H2,27,28,29). The molecule has 0 unspecified atom stereocenters. The van der Waals surface area contributed by atoms with Gasteiger partial charge in [0, 0.05) is 45.8 Å². The molecule has 0 bridgehead atoms. The molecule has 1 aliphatic heterocycles. The van der Waals surface area contributed by atoms with E-state index in [1.807, 2.05) is 19.2 Å². The number of ether oxygens (including phenoxy) is 1. The highest BCUT2D eigenvalue weighted by molar-refractivity contribution is 5.79. The molecule has 174 valence electrons. The van der Waals surface area contributed by atoms with Crippen molar-refractivity contribution in [3.05, 3.63) is 65.7 Å². The maximum absolute atomic E-state index is 5.82. The van der Waals surface area contributed by atoms with E-state index in [1.165, 1.54) is 11.1 Å². The van der Waals surface area contributed by atoms with Gasteiger partial charge in [0.2, 0.25) is 0 Å². The van der Waals surface area contributed by atoms with E-state index >= 15 is 0 Å². The first-order valence-corrected chi connectivity index (χ1v) is 11.7. The fraction of sp³-hybridized carbons (Fsp3) is 0.500. The molecule has 0 atom stereocenters. The molecule has 3 rings (SSSR count). The van der Waals surface area contributed by atoms with Crippen LogP contribution in [0.15, 0.2) is 59.6 Å². The number of nitrogens with one attached hydrogen (secondary N) is 2. The van der Waals surface area contributed by atoms with Crippen LogP contribution in [-0.4, -0.2) is 69.2 Å². The quantitative estimate of drug-likeness (QED) is 0.339. The number of nitrogens with zero attached hydrogens (tertiary/aromatic N) is 3. The number of guanidine groups is 1. The molecule has 2 aromatic carbocycles. The smallest absolute Gasteiger partial charge is 0.191 e. The fourth-order valence-electron chi connectivity index (χ4n) is 3.93. The van der Waals surface area contributed by atoms with E-state index in [-0.39, 0.29) is 0 Å². The summed E-state index contributed by atoms with van der Waals surface area (Å²) in [4.78, 5) is 9.13. The van der Waals surface area contributed by atoms with Crippen LogP contribution in [0, 0.1) is 0 Å². The van der Waals surface area contributed by atoms with Crippen LogP contribution >= 0.6 is 0 Å². The predicted octanol–water partition coefficient (Wildman–Crippen LogP) is 3.35. The van der Waals surface area contributed by atoms with Crippen molar-refractivity contribution in [3.63, 3.8) is 0 Å². The Labute approximate surface area is 193 Å². The summed E-state index contributed by atoms with van der Waals surface area (Å²) in [5.74, 6) is 1.80. The van der Waals surface area contributed by atoms with E-state index in [4.69, 9.17) is 4.74 Å². The Kier molecular flexibility index (Phi) is 9.85. The SMILES string of the molecule is CN=C(NCc1ccc(OCCCN(C)C)cc1)NC1CCN(Cc2ccccc2)CC1. The van der Waals surface area contributed by atoms with Crippen molar-refractivity contribution in [3.8, 4) is 5.75 Å². The largest absolute Gasteiger partial charge is 0.494 e. The second-order valence-corrected chi connectivity index (χ2v) is 8.76. The van der Waals surface area contributed by atoms with Crippen molar-refractivity contribution in [1.82, 2.24) is 20.4 Å². The van der Waals surface area contributed by atoms with Crippen LogP contribution in [0.25, 0.3) is 0 Å². The second-order valence-electron chi connectivity index (χ2n) is 8.76. The van der Waals surface area contributed by atoms with Gasteiger partial charge in [-0.2, -0.15) is 0 Å². The predicted molar refractivity (Wildman–Crippen MR) is 133 cm³/mol. The summed E-state index contributed by atoms with van der Waals surface area (Å²) >= 11 is 0. The number of hydrogen-bond donors (Lipinski definition) is 2. The van der Waals surface area contributed by atoms with Crippen molar-refractivity contribution < 1.29 is 4.74 Å². The Hall–Kier alpha value is -2.57. The van der Waals surface area contributed by atoms with Gasteiger partial charge in [-0.15, -0.1) is 0 Å². The zero-order chi connectivity index (χ0) is 22.6. The summed E-state index contributed by atoms with van der Waals surface area (Å²) in [6.45, 7) is 5.79. The zero-order valence-electron chi connectivity index (χ0n) is 19.9. The molecule has 6 nitrogen and oxygen atoms in total. The minimum atomic E-state index is 0.464. The normalized spacial score (nSPS) is 15.7. The molecule has 1 aliphatic rings. The van der Waals surface area contributed by atoms with Crippen LogP contribution in [0.1, 0.15) is 30.4 Å². The molecular weight excluding hydrogens is 398 g/mol. The van der Waals surface area contributed by atoms with Crippen LogP contribution in [0.5, 0.6) is 5.75 Å².